The van der Waals surface area contributed by atoms with Crippen molar-refractivity contribution in [2.24, 2.45) is 0 Å². The van der Waals surface area contributed by atoms with E-state index in [1.807, 2.05) is 36.4 Å². The third-order valence-electron chi connectivity index (χ3n) is 10.9. The van der Waals surface area contributed by atoms with E-state index in [1.165, 1.54) is 43.7 Å². The fourth-order valence-corrected chi connectivity index (χ4v) is 8.38. The summed E-state index contributed by atoms with van der Waals surface area (Å²) in [4.78, 5) is 10.2. The third kappa shape index (κ3) is 5.23. The van der Waals surface area contributed by atoms with E-state index in [4.69, 9.17) is 9.97 Å². The molecule has 56 heavy (non-hydrogen) atoms. The van der Waals surface area contributed by atoms with Gasteiger partial charge >= 0.3 is 0 Å². The van der Waals surface area contributed by atoms with Gasteiger partial charge in [0.1, 0.15) is 0 Å². The van der Waals surface area contributed by atoms with Crippen molar-refractivity contribution in [1.82, 2.24) is 19.1 Å². The predicted octanol–water partition coefficient (Wildman–Crippen LogP) is 13.3. The highest BCUT2D eigenvalue weighted by molar-refractivity contribution is 6.17. The van der Waals surface area contributed by atoms with Gasteiger partial charge in [0.25, 0.3) is 0 Å². The molecule has 0 aliphatic rings. The lowest BCUT2D eigenvalue weighted by molar-refractivity contribution is 1.16. The first kappa shape index (κ1) is 31.9. The average molecular weight is 715 g/mol. The highest BCUT2D eigenvalue weighted by Gasteiger charge is 2.19. The lowest BCUT2D eigenvalue weighted by atomic mass is 9.98. The average Bonchev–Trinajstić information content (AvgIpc) is 3.80. The fourth-order valence-electron chi connectivity index (χ4n) is 8.38. The molecule has 11 aromatic rings. The Morgan fingerprint density at radius 2 is 0.804 bits per heavy atom. The van der Waals surface area contributed by atoms with Gasteiger partial charge in [-0.15, -0.1) is 0 Å². The maximum atomic E-state index is 5.08. The molecule has 0 N–H and O–H groups in total. The number of rotatable bonds is 6. The Bertz CT molecular complexity index is 3160. The Morgan fingerprint density at radius 1 is 0.304 bits per heavy atom. The van der Waals surface area contributed by atoms with Crippen LogP contribution in [0.15, 0.2) is 206 Å². The zero-order valence-electron chi connectivity index (χ0n) is 30.4. The van der Waals surface area contributed by atoms with Gasteiger partial charge in [0.05, 0.1) is 33.5 Å². The number of hydrogen-bond donors (Lipinski definition) is 0. The number of nitrogens with zero attached hydrogens (tertiary/aromatic N) is 4. The Kier molecular flexibility index (Phi) is 7.46. The molecule has 0 amide bonds. The molecule has 0 spiro atoms. The van der Waals surface area contributed by atoms with E-state index in [0.29, 0.717) is 5.82 Å². The standard InChI is InChI=1S/C52H34N4/c1-4-15-35(16-5-1)45-34-46(36-17-6-2-7-18-36)54-52(53-45)37-27-30-40(31-28-37)56-48-25-13-11-22-43(48)51-41(23-14-26-50(51)56)38-29-32-49-44(33-38)42-21-10-12-24-47(42)55(49)39-19-8-3-9-20-39/h1-34H. The summed E-state index contributed by atoms with van der Waals surface area (Å²) in [5.74, 6) is 0.699. The summed E-state index contributed by atoms with van der Waals surface area (Å²) in [7, 11) is 0. The van der Waals surface area contributed by atoms with Crippen molar-refractivity contribution in [3.8, 4) is 56.4 Å². The van der Waals surface area contributed by atoms with Gasteiger partial charge in [-0.3, -0.25) is 0 Å². The van der Waals surface area contributed by atoms with Crippen LogP contribution in [0.4, 0.5) is 0 Å². The molecular formula is C52H34N4. The van der Waals surface area contributed by atoms with Crippen LogP contribution in [0.2, 0.25) is 0 Å². The van der Waals surface area contributed by atoms with E-state index in [1.54, 1.807) is 0 Å². The van der Waals surface area contributed by atoms with Crippen LogP contribution in [0.25, 0.3) is 100 Å². The predicted molar refractivity (Wildman–Crippen MR) is 232 cm³/mol. The minimum absolute atomic E-state index is 0.699. The van der Waals surface area contributed by atoms with Crippen molar-refractivity contribution in [3.63, 3.8) is 0 Å². The Balaban J connectivity index is 1.05. The second-order valence-electron chi connectivity index (χ2n) is 14.2. The molecule has 0 fully saturated rings. The normalized spacial score (nSPS) is 11.6. The van der Waals surface area contributed by atoms with Gasteiger partial charge in [0.2, 0.25) is 0 Å². The van der Waals surface area contributed by atoms with Crippen molar-refractivity contribution >= 4 is 43.6 Å². The van der Waals surface area contributed by atoms with Crippen LogP contribution in [0.1, 0.15) is 0 Å². The molecule has 3 aromatic heterocycles. The third-order valence-corrected chi connectivity index (χ3v) is 10.9. The summed E-state index contributed by atoms with van der Waals surface area (Å²) in [5, 5.41) is 4.95. The highest BCUT2D eigenvalue weighted by Crippen LogP contribution is 2.41. The van der Waals surface area contributed by atoms with Crippen molar-refractivity contribution in [2.75, 3.05) is 0 Å². The monoisotopic (exact) mass is 714 g/mol. The topological polar surface area (TPSA) is 35.6 Å². The SMILES string of the molecule is c1ccc(-c2cc(-c3ccccc3)nc(-c3ccc(-n4c5ccccc5c5c(-c6ccc7c(c6)c6ccccc6n7-c6ccccc6)cccc54)cc3)n2)cc1. The van der Waals surface area contributed by atoms with Gasteiger partial charge in [-0.05, 0) is 83.9 Å². The smallest absolute Gasteiger partial charge is 0.160 e. The van der Waals surface area contributed by atoms with Crippen LogP contribution in [-0.2, 0) is 0 Å². The molecule has 8 aromatic carbocycles. The summed E-state index contributed by atoms with van der Waals surface area (Å²) in [6, 6.07) is 73.2. The van der Waals surface area contributed by atoms with E-state index in [2.05, 4.69) is 179 Å². The highest BCUT2D eigenvalue weighted by atomic mass is 15.0. The molecule has 0 aliphatic heterocycles. The number of para-hydroxylation sites is 3. The quantitative estimate of drug-likeness (QED) is 0.172. The molecule has 0 aliphatic carbocycles. The first-order chi connectivity index (χ1) is 27.8. The maximum absolute atomic E-state index is 5.08. The molecule has 4 nitrogen and oxygen atoms in total. The number of hydrogen-bond acceptors (Lipinski definition) is 2. The van der Waals surface area contributed by atoms with E-state index < -0.39 is 0 Å². The van der Waals surface area contributed by atoms with E-state index in [0.717, 1.165) is 50.5 Å². The Labute approximate surface area is 324 Å². The molecule has 3 heterocycles. The lowest BCUT2D eigenvalue weighted by Gasteiger charge is -2.12. The van der Waals surface area contributed by atoms with Gasteiger partial charge in [0, 0.05) is 49.6 Å². The maximum Gasteiger partial charge on any atom is 0.160 e. The van der Waals surface area contributed by atoms with Gasteiger partial charge < -0.3 is 9.13 Å². The Morgan fingerprint density at radius 3 is 1.48 bits per heavy atom. The van der Waals surface area contributed by atoms with E-state index >= 15 is 0 Å². The van der Waals surface area contributed by atoms with Crippen molar-refractivity contribution in [3.05, 3.63) is 206 Å². The van der Waals surface area contributed by atoms with Crippen molar-refractivity contribution < 1.29 is 0 Å². The number of aromatic nitrogens is 4. The molecule has 262 valence electrons. The molecule has 0 saturated carbocycles. The van der Waals surface area contributed by atoms with Crippen molar-refractivity contribution in [2.45, 2.75) is 0 Å². The van der Waals surface area contributed by atoms with E-state index in [9.17, 15) is 0 Å². The van der Waals surface area contributed by atoms with Crippen molar-refractivity contribution in [1.29, 1.82) is 0 Å². The minimum Gasteiger partial charge on any atom is -0.309 e. The van der Waals surface area contributed by atoms with Gasteiger partial charge in [0.15, 0.2) is 5.82 Å². The van der Waals surface area contributed by atoms with E-state index in [-0.39, 0.29) is 0 Å². The summed E-state index contributed by atoms with van der Waals surface area (Å²) < 4.78 is 4.75. The van der Waals surface area contributed by atoms with Gasteiger partial charge in [-0.2, -0.15) is 0 Å². The molecule has 0 bridgehead atoms. The molecule has 0 saturated heterocycles. The van der Waals surface area contributed by atoms with Crippen LogP contribution in [0.3, 0.4) is 0 Å². The number of fused-ring (bicyclic) bond motifs is 6. The first-order valence-electron chi connectivity index (χ1n) is 19.0. The van der Waals surface area contributed by atoms with Gasteiger partial charge in [-0.25, -0.2) is 9.97 Å². The zero-order valence-corrected chi connectivity index (χ0v) is 30.4. The molecule has 4 heteroatoms. The van der Waals surface area contributed by atoms with Crippen LogP contribution >= 0.6 is 0 Å². The Hall–Kier alpha value is -7.56. The molecule has 0 radical (unpaired) electrons. The molecular weight excluding hydrogens is 681 g/mol. The fraction of sp³-hybridized carbons (Fsp3) is 0. The van der Waals surface area contributed by atoms with Gasteiger partial charge in [-0.1, -0.05) is 133 Å². The summed E-state index contributed by atoms with van der Waals surface area (Å²) in [5.41, 5.74) is 14.3. The first-order valence-corrected chi connectivity index (χ1v) is 19.0. The van der Waals surface area contributed by atoms with Crippen LogP contribution < -0.4 is 0 Å². The second kappa shape index (κ2) is 13.1. The zero-order chi connectivity index (χ0) is 37.0. The second-order valence-corrected chi connectivity index (χ2v) is 14.2. The summed E-state index contributed by atoms with van der Waals surface area (Å²) in [6.07, 6.45) is 0. The summed E-state index contributed by atoms with van der Waals surface area (Å²) in [6.45, 7) is 0. The van der Waals surface area contributed by atoms with Crippen LogP contribution in [0.5, 0.6) is 0 Å². The molecule has 11 rings (SSSR count). The minimum atomic E-state index is 0.699. The number of benzene rings is 8. The van der Waals surface area contributed by atoms with Crippen LogP contribution in [-0.4, -0.2) is 19.1 Å². The summed E-state index contributed by atoms with van der Waals surface area (Å²) >= 11 is 0. The lowest BCUT2D eigenvalue weighted by Crippen LogP contribution is -1.97. The largest absolute Gasteiger partial charge is 0.309 e. The van der Waals surface area contributed by atoms with Crippen LogP contribution in [0, 0.1) is 0 Å². The molecule has 0 unspecified atom stereocenters. The molecule has 0 atom stereocenters.